The average Bonchev–Trinajstić information content (AvgIpc) is 2.81. The number of hydrogen-bond donors (Lipinski definition) is 1. The molecule has 0 spiro atoms. The summed E-state index contributed by atoms with van der Waals surface area (Å²) in [4.78, 5) is 0. The summed E-state index contributed by atoms with van der Waals surface area (Å²) in [7, 11) is 0. The summed E-state index contributed by atoms with van der Waals surface area (Å²) in [5, 5.41) is 4.88. The summed E-state index contributed by atoms with van der Waals surface area (Å²) in [6.45, 7) is 2.82. The van der Waals surface area contributed by atoms with Crippen molar-refractivity contribution in [1.29, 1.82) is 0 Å². The molecule has 4 aliphatic rings. The maximum atomic E-state index is 5.80. The standard InChI is InChI=1S/C16H25N3/c1-2-15-6-14(10-17)18-19(15)16-7-11-3-12(8-16)5-13(4-11)9-16/h6,11-13H,2-5,7-10,17H2,1H3. The van der Waals surface area contributed by atoms with Crippen LogP contribution in [-0.4, -0.2) is 9.78 Å². The van der Waals surface area contributed by atoms with Crippen molar-refractivity contribution < 1.29 is 0 Å². The van der Waals surface area contributed by atoms with Crippen molar-refractivity contribution in [2.45, 2.75) is 64.0 Å². The van der Waals surface area contributed by atoms with Gasteiger partial charge < -0.3 is 5.73 Å². The minimum absolute atomic E-state index is 0.355. The second kappa shape index (κ2) is 4.08. The number of aromatic nitrogens is 2. The van der Waals surface area contributed by atoms with Crippen LogP contribution >= 0.6 is 0 Å². The third kappa shape index (κ3) is 1.70. The highest BCUT2D eigenvalue weighted by molar-refractivity contribution is 5.16. The lowest BCUT2D eigenvalue weighted by Crippen LogP contribution is -2.52. The van der Waals surface area contributed by atoms with Gasteiger partial charge in [0.15, 0.2) is 0 Å². The lowest BCUT2D eigenvalue weighted by molar-refractivity contribution is -0.0508. The Morgan fingerprint density at radius 3 is 2.26 bits per heavy atom. The molecule has 3 nitrogen and oxygen atoms in total. The van der Waals surface area contributed by atoms with Crippen molar-refractivity contribution in [2.24, 2.45) is 23.5 Å². The molecule has 0 saturated heterocycles. The second-order valence-electron chi connectivity index (χ2n) is 7.24. The van der Waals surface area contributed by atoms with Gasteiger partial charge in [-0.1, -0.05) is 6.92 Å². The molecule has 0 amide bonds. The molecule has 3 heteroatoms. The minimum atomic E-state index is 0.355. The largest absolute Gasteiger partial charge is 0.325 e. The van der Waals surface area contributed by atoms with Gasteiger partial charge in [-0.2, -0.15) is 5.10 Å². The van der Waals surface area contributed by atoms with Crippen LogP contribution in [0.3, 0.4) is 0 Å². The highest BCUT2D eigenvalue weighted by atomic mass is 15.3. The molecule has 1 aromatic heterocycles. The van der Waals surface area contributed by atoms with E-state index in [2.05, 4.69) is 17.7 Å². The quantitative estimate of drug-likeness (QED) is 0.907. The predicted molar refractivity (Wildman–Crippen MR) is 75.6 cm³/mol. The highest BCUT2D eigenvalue weighted by Crippen LogP contribution is 2.58. The first-order chi connectivity index (χ1) is 9.22. The van der Waals surface area contributed by atoms with Gasteiger partial charge in [-0.05, 0) is 68.8 Å². The van der Waals surface area contributed by atoms with Crippen LogP contribution < -0.4 is 5.73 Å². The molecule has 4 saturated carbocycles. The summed E-state index contributed by atoms with van der Waals surface area (Å²) in [6, 6.07) is 2.23. The Morgan fingerprint density at radius 1 is 1.21 bits per heavy atom. The van der Waals surface area contributed by atoms with Gasteiger partial charge in [-0.3, -0.25) is 4.68 Å². The summed E-state index contributed by atoms with van der Waals surface area (Å²) in [5.74, 6) is 2.92. The monoisotopic (exact) mass is 259 g/mol. The molecule has 2 N–H and O–H groups in total. The zero-order chi connectivity index (χ0) is 13.0. The van der Waals surface area contributed by atoms with Gasteiger partial charge >= 0.3 is 0 Å². The van der Waals surface area contributed by atoms with Crippen LogP contribution in [0, 0.1) is 17.8 Å². The molecule has 5 rings (SSSR count). The van der Waals surface area contributed by atoms with E-state index in [0.717, 1.165) is 29.9 Å². The SMILES string of the molecule is CCc1cc(CN)nn1C12CC3CC(CC(C3)C1)C2. The number of aryl methyl sites for hydroxylation is 1. The molecular formula is C16H25N3. The molecule has 0 aromatic carbocycles. The molecule has 4 bridgehead atoms. The fourth-order valence-electron chi connectivity index (χ4n) is 5.56. The van der Waals surface area contributed by atoms with Crippen molar-refractivity contribution in [3.8, 4) is 0 Å². The topological polar surface area (TPSA) is 43.8 Å². The first-order valence-corrected chi connectivity index (χ1v) is 8.01. The Hall–Kier alpha value is -0.830. The Morgan fingerprint density at radius 2 is 1.79 bits per heavy atom. The van der Waals surface area contributed by atoms with Crippen molar-refractivity contribution in [2.75, 3.05) is 0 Å². The van der Waals surface area contributed by atoms with Gasteiger partial charge in [0, 0.05) is 12.2 Å². The summed E-state index contributed by atoms with van der Waals surface area (Å²) < 4.78 is 2.42. The molecule has 4 fully saturated rings. The third-order valence-corrected chi connectivity index (χ3v) is 5.86. The number of hydrogen-bond acceptors (Lipinski definition) is 2. The van der Waals surface area contributed by atoms with Gasteiger partial charge in [0.2, 0.25) is 0 Å². The number of nitrogens with two attached hydrogens (primary N) is 1. The van der Waals surface area contributed by atoms with Crippen LogP contribution in [0.25, 0.3) is 0 Å². The maximum Gasteiger partial charge on any atom is 0.0763 e. The molecule has 1 aromatic rings. The van der Waals surface area contributed by atoms with Gasteiger partial charge in [-0.15, -0.1) is 0 Å². The van der Waals surface area contributed by atoms with E-state index in [1.807, 2.05) is 0 Å². The molecular weight excluding hydrogens is 234 g/mol. The summed E-state index contributed by atoms with van der Waals surface area (Å²) in [5.41, 5.74) is 8.64. The molecule has 0 radical (unpaired) electrons. The van der Waals surface area contributed by atoms with E-state index in [9.17, 15) is 0 Å². The molecule has 0 atom stereocenters. The van der Waals surface area contributed by atoms with Crippen LogP contribution in [-0.2, 0) is 18.5 Å². The zero-order valence-electron chi connectivity index (χ0n) is 11.9. The fourth-order valence-corrected chi connectivity index (χ4v) is 5.56. The Balaban J connectivity index is 1.76. The number of rotatable bonds is 3. The molecule has 0 aliphatic heterocycles. The summed E-state index contributed by atoms with van der Waals surface area (Å²) in [6.07, 6.45) is 9.67. The Bertz CT molecular complexity index is 453. The van der Waals surface area contributed by atoms with Crippen molar-refractivity contribution in [3.63, 3.8) is 0 Å². The minimum Gasteiger partial charge on any atom is -0.325 e. The zero-order valence-corrected chi connectivity index (χ0v) is 11.9. The molecule has 0 unspecified atom stereocenters. The lowest BCUT2D eigenvalue weighted by Gasteiger charge is -2.57. The first-order valence-electron chi connectivity index (χ1n) is 8.01. The molecule has 104 valence electrons. The Labute approximate surface area is 115 Å². The predicted octanol–water partition coefficient (Wildman–Crippen LogP) is 2.83. The lowest BCUT2D eigenvalue weighted by atomic mass is 9.53. The van der Waals surface area contributed by atoms with E-state index in [1.165, 1.54) is 44.2 Å². The molecule has 19 heavy (non-hydrogen) atoms. The van der Waals surface area contributed by atoms with E-state index in [-0.39, 0.29) is 0 Å². The van der Waals surface area contributed by atoms with E-state index in [1.54, 1.807) is 0 Å². The van der Waals surface area contributed by atoms with E-state index in [0.29, 0.717) is 12.1 Å². The van der Waals surface area contributed by atoms with Gasteiger partial charge in [0.1, 0.15) is 0 Å². The smallest absolute Gasteiger partial charge is 0.0763 e. The van der Waals surface area contributed by atoms with Crippen molar-refractivity contribution >= 4 is 0 Å². The fraction of sp³-hybridized carbons (Fsp3) is 0.812. The van der Waals surface area contributed by atoms with Crippen molar-refractivity contribution in [3.05, 3.63) is 17.5 Å². The van der Waals surface area contributed by atoms with Crippen LogP contribution in [0.2, 0.25) is 0 Å². The van der Waals surface area contributed by atoms with E-state index < -0.39 is 0 Å². The summed E-state index contributed by atoms with van der Waals surface area (Å²) >= 11 is 0. The average molecular weight is 259 g/mol. The van der Waals surface area contributed by atoms with Gasteiger partial charge in [0.05, 0.1) is 11.2 Å². The Kier molecular flexibility index (Phi) is 2.57. The number of nitrogens with zero attached hydrogens (tertiary/aromatic N) is 2. The highest BCUT2D eigenvalue weighted by Gasteiger charge is 2.52. The van der Waals surface area contributed by atoms with Gasteiger partial charge in [0.25, 0.3) is 0 Å². The normalized spacial score (nSPS) is 40.0. The third-order valence-electron chi connectivity index (χ3n) is 5.86. The maximum absolute atomic E-state index is 5.80. The van der Waals surface area contributed by atoms with Gasteiger partial charge in [-0.25, -0.2) is 0 Å². The van der Waals surface area contributed by atoms with Crippen LogP contribution in [0.1, 0.15) is 56.8 Å². The van der Waals surface area contributed by atoms with Crippen LogP contribution in [0.4, 0.5) is 0 Å². The second-order valence-corrected chi connectivity index (χ2v) is 7.24. The van der Waals surface area contributed by atoms with E-state index in [4.69, 9.17) is 10.8 Å². The van der Waals surface area contributed by atoms with Crippen LogP contribution in [0.5, 0.6) is 0 Å². The molecule has 1 heterocycles. The molecule has 4 aliphatic carbocycles. The van der Waals surface area contributed by atoms with Crippen LogP contribution in [0.15, 0.2) is 6.07 Å². The van der Waals surface area contributed by atoms with E-state index >= 15 is 0 Å². The van der Waals surface area contributed by atoms with Crippen molar-refractivity contribution in [1.82, 2.24) is 9.78 Å². The first kappa shape index (κ1) is 12.0.